The zero-order chi connectivity index (χ0) is 37.4. The Hall–Kier alpha value is -4.54. The molecule has 2 heterocycles. The van der Waals surface area contributed by atoms with Crippen LogP contribution in [0.2, 0.25) is 0 Å². The summed E-state index contributed by atoms with van der Waals surface area (Å²) < 4.78 is 1.59. The lowest BCUT2D eigenvalue weighted by atomic mass is 10.1. The van der Waals surface area contributed by atoms with E-state index < -0.39 is 6.04 Å². The number of unbranched alkanes of at least 4 members (excludes halogenated alkanes) is 9. The van der Waals surface area contributed by atoms with Gasteiger partial charge in [0.2, 0.25) is 17.7 Å². The summed E-state index contributed by atoms with van der Waals surface area (Å²) in [6.45, 7) is 6.03. The van der Waals surface area contributed by atoms with Gasteiger partial charge in [0, 0.05) is 49.1 Å². The van der Waals surface area contributed by atoms with Gasteiger partial charge in [-0.25, -0.2) is 4.68 Å². The van der Waals surface area contributed by atoms with E-state index in [4.69, 9.17) is 0 Å². The number of carbonyl (C=O) groups excluding carboxylic acids is 4. The quantitative estimate of drug-likeness (QED) is 0.103. The molecule has 1 saturated heterocycles. The molecule has 0 unspecified atom stereocenters. The number of nitrogens with zero attached hydrogens (tertiary/aromatic N) is 4. The molecule has 1 aliphatic carbocycles. The Labute approximate surface area is 315 Å². The average molecular weight is 726 g/mol. The minimum absolute atomic E-state index is 0.0293. The molecule has 11 heteroatoms. The lowest BCUT2D eigenvalue weighted by Gasteiger charge is -2.18. The highest BCUT2D eigenvalue weighted by Gasteiger charge is 2.41. The maximum Gasteiger partial charge on any atom is 0.253 e. The van der Waals surface area contributed by atoms with Crippen molar-refractivity contribution < 1.29 is 19.2 Å². The Morgan fingerprint density at radius 2 is 1.55 bits per heavy atom. The fourth-order valence-electron chi connectivity index (χ4n) is 7.15. The molecule has 4 amide bonds. The van der Waals surface area contributed by atoms with Gasteiger partial charge in [-0.15, -0.1) is 5.10 Å². The SMILES string of the molecule is CCCCCCCCCC(=O)N[C@@H](Cn1cc(-c2ccc(C(=O)N3CC[C@H](C(=O)N[C@H]4C[C@@H]4c4ccccc4)C3)cc2)nn1)C(=O)NCCCCCC. The summed E-state index contributed by atoms with van der Waals surface area (Å²) in [7, 11) is 0. The Balaban J connectivity index is 1.11. The molecule has 4 atom stereocenters. The highest BCUT2D eigenvalue weighted by Crippen LogP contribution is 2.41. The number of carbonyl (C=O) groups is 4. The smallest absolute Gasteiger partial charge is 0.253 e. The predicted molar refractivity (Wildman–Crippen MR) is 207 cm³/mol. The summed E-state index contributed by atoms with van der Waals surface area (Å²) in [5.41, 5.74) is 3.19. The fourth-order valence-corrected chi connectivity index (χ4v) is 7.15. The molecule has 1 aromatic heterocycles. The maximum atomic E-state index is 13.4. The first kappa shape index (κ1) is 39.7. The molecule has 11 nitrogen and oxygen atoms in total. The number of hydrogen-bond acceptors (Lipinski definition) is 6. The van der Waals surface area contributed by atoms with Gasteiger partial charge in [-0.05, 0) is 43.4 Å². The van der Waals surface area contributed by atoms with Crippen molar-refractivity contribution in [3.63, 3.8) is 0 Å². The lowest BCUT2D eigenvalue weighted by Crippen LogP contribution is -2.49. The molecule has 0 spiro atoms. The summed E-state index contributed by atoms with van der Waals surface area (Å²) in [6.07, 6.45) is 15.8. The largest absolute Gasteiger partial charge is 0.354 e. The number of nitrogens with one attached hydrogen (secondary N) is 3. The second kappa shape index (κ2) is 20.6. The van der Waals surface area contributed by atoms with E-state index in [0.717, 1.165) is 56.9 Å². The van der Waals surface area contributed by atoms with Gasteiger partial charge < -0.3 is 20.9 Å². The van der Waals surface area contributed by atoms with E-state index in [1.807, 2.05) is 30.3 Å². The van der Waals surface area contributed by atoms with Gasteiger partial charge in [0.1, 0.15) is 11.7 Å². The second-order valence-corrected chi connectivity index (χ2v) is 14.9. The van der Waals surface area contributed by atoms with Crippen molar-refractivity contribution in [2.24, 2.45) is 5.92 Å². The van der Waals surface area contributed by atoms with Crippen LogP contribution in [-0.2, 0) is 20.9 Å². The maximum absolute atomic E-state index is 13.4. The molecule has 3 N–H and O–H groups in total. The summed E-state index contributed by atoms with van der Waals surface area (Å²) in [5, 5.41) is 17.7. The van der Waals surface area contributed by atoms with Crippen molar-refractivity contribution in [2.75, 3.05) is 19.6 Å². The topological polar surface area (TPSA) is 138 Å². The Bertz CT molecular complexity index is 1610. The van der Waals surface area contributed by atoms with Gasteiger partial charge in [-0.2, -0.15) is 0 Å². The van der Waals surface area contributed by atoms with Crippen molar-refractivity contribution in [1.82, 2.24) is 35.8 Å². The Morgan fingerprint density at radius 3 is 2.28 bits per heavy atom. The summed E-state index contributed by atoms with van der Waals surface area (Å²) in [6, 6.07) is 16.9. The van der Waals surface area contributed by atoms with Gasteiger partial charge >= 0.3 is 0 Å². The lowest BCUT2D eigenvalue weighted by molar-refractivity contribution is -0.129. The molecule has 53 heavy (non-hydrogen) atoms. The van der Waals surface area contributed by atoms with Crippen LogP contribution in [0.15, 0.2) is 60.8 Å². The van der Waals surface area contributed by atoms with Gasteiger partial charge in [0.25, 0.3) is 5.91 Å². The normalized spacial score (nSPS) is 18.4. The van der Waals surface area contributed by atoms with Crippen LogP contribution in [0.4, 0.5) is 0 Å². The van der Waals surface area contributed by atoms with Crippen molar-refractivity contribution in [3.8, 4) is 11.3 Å². The third-order valence-electron chi connectivity index (χ3n) is 10.5. The van der Waals surface area contributed by atoms with Crippen molar-refractivity contribution in [3.05, 3.63) is 71.9 Å². The van der Waals surface area contributed by atoms with E-state index in [0.29, 0.717) is 49.7 Å². The van der Waals surface area contributed by atoms with Crippen LogP contribution < -0.4 is 16.0 Å². The van der Waals surface area contributed by atoms with E-state index in [1.165, 1.54) is 31.2 Å². The molecule has 0 bridgehead atoms. The van der Waals surface area contributed by atoms with Crippen molar-refractivity contribution >= 4 is 23.6 Å². The second-order valence-electron chi connectivity index (χ2n) is 14.9. The fraction of sp³-hybridized carbons (Fsp3) is 0.571. The molecule has 0 radical (unpaired) electrons. The molecule has 2 aromatic carbocycles. The first-order valence-electron chi connectivity index (χ1n) is 20.1. The highest BCUT2D eigenvalue weighted by molar-refractivity contribution is 5.95. The molecular formula is C42H59N7O4. The molecular weight excluding hydrogens is 667 g/mol. The van der Waals surface area contributed by atoms with Crippen LogP contribution in [-0.4, -0.2) is 75.2 Å². The number of aromatic nitrogens is 3. The minimum Gasteiger partial charge on any atom is -0.354 e. The third kappa shape index (κ3) is 12.3. The van der Waals surface area contributed by atoms with Crippen LogP contribution >= 0.6 is 0 Å². The average Bonchev–Trinajstić information content (AvgIpc) is 3.51. The molecule has 2 aliphatic rings. The number of likely N-dealkylation sites (tertiary alicyclic amines) is 1. The van der Waals surface area contributed by atoms with E-state index in [-0.39, 0.29) is 42.1 Å². The first-order chi connectivity index (χ1) is 25.9. The zero-order valence-electron chi connectivity index (χ0n) is 31.7. The number of amides is 4. The van der Waals surface area contributed by atoms with E-state index in [9.17, 15) is 19.2 Å². The van der Waals surface area contributed by atoms with E-state index in [2.05, 4.69) is 52.2 Å². The predicted octanol–water partition coefficient (Wildman–Crippen LogP) is 6.40. The number of benzene rings is 2. The monoisotopic (exact) mass is 725 g/mol. The van der Waals surface area contributed by atoms with E-state index in [1.54, 1.807) is 27.9 Å². The summed E-state index contributed by atoms with van der Waals surface area (Å²) >= 11 is 0. The van der Waals surface area contributed by atoms with Gasteiger partial charge in [-0.1, -0.05) is 119 Å². The van der Waals surface area contributed by atoms with Crippen LogP contribution in [0, 0.1) is 5.92 Å². The van der Waals surface area contributed by atoms with Crippen LogP contribution in [0.1, 0.15) is 126 Å². The molecule has 1 saturated carbocycles. The van der Waals surface area contributed by atoms with Crippen LogP contribution in [0.3, 0.4) is 0 Å². The number of hydrogen-bond donors (Lipinski definition) is 3. The van der Waals surface area contributed by atoms with Gasteiger partial charge in [-0.3, -0.25) is 19.2 Å². The molecule has 1 aliphatic heterocycles. The van der Waals surface area contributed by atoms with Gasteiger partial charge in [0.15, 0.2) is 0 Å². The zero-order valence-corrected chi connectivity index (χ0v) is 31.7. The molecule has 5 rings (SSSR count). The van der Waals surface area contributed by atoms with Crippen LogP contribution in [0.25, 0.3) is 11.3 Å². The molecule has 2 fully saturated rings. The van der Waals surface area contributed by atoms with Crippen molar-refractivity contribution in [1.29, 1.82) is 0 Å². The van der Waals surface area contributed by atoms with E-state index >= 15 is 0 Å². The highest BCUT2D eigenvalue weighted by atomic mass is 16.2. The molecule has 3 aromatic rings. The minimum atomic E-state index is -0.770. The molecule has 286 valence electrons. The third-order valence-corrected chi connectivity index (χ3v) is 10.5. The first-order valence-corrected chi connectivity index (χ1v) is 20.1. The van der Waals surface area contributed by atoms with Crippen molar-refractivity contribution in [2.45, 2.75) is 128 Å². The Morgan fingerprint density at radius 1 is 0.849 bits per heavy atom. The standard InChI is InChI=1S/C42H59N7O4/c1-3-5-7-9-10-11-15-19-39(50)44-38(41(52)43-25-16-8-6-4-2)30-49-29-37(46-47-49)32-20-22-33(23-21-32)42(53)48-26-24-34(28-48)40(51)45-36-27-35(36)31-17-13-12-14-18-31/h12-14,17-18,20-23,29,34-36,38H,3-11,15-16,19,24-28,30H2,1-2H3,(H,43,52)(H,44,50)(H,45,51)/t34-,35+,36-,38-/m0/s1. The summed E-state index contributed by atoms with van der Waals surface area (Å²) in [5.74, 6) is -0.255. The van der Waals surface area contributed by atoms with Gasteiger partial charge in [0.05, 0.1) is 18.7 Å². The van der Waals surface area contributed by atoms with Crippen LogP contribution in [0.5, 0.6) is 0 Å². The Kier molecular flexibility index (Phi) is 15.4. The summed E-state index contributed by atoms with van der Waals surface area (Å²) in [4.78, 5) is 54.2. The number of rotatable bonds is 22.